The number of urea groups is 1. The Balaban J connectivity index is 2.34. The van der Waals surface area contributed by atoms with Crippen molar-refractivity contribution in [2.24, 2.45) is 0 Å². The second-order valence-corrected chi connectivity index (χ2v) is 6.97. The SMILES string of the molecule is CC(CS(C)=O)N(C)C(=O)N(c1ccccc1)c1ccccc1. The van der Waals surface area contributed by atoms with Crippen LogP contribution in [0.4, 0.5) is 16.2 Å². The minimum Gasteiger partial charge on any atom is -0.323 e. The summed E-state index contributed by atoms with van der Waals surface area (Å²) in [4.78, 5) is 16.3. The maximum Gasteiger partial charge on any atom is 0.329 e. The molecule has 2 amide bonds. The number of nitrogens with zero attached hydrogens (tertiary/aromatic N) is 2. The van der Waals surface area contributed by atoms with Gasteiger partial charge in [-0.15, -0.1) is 0 Å². The van der Waals surface area contributed by atoms with E-state index in [2.05, 4.69) is 0 Å². The van der Waals surface area contributed by atoms with Gasteiger partial charge in [0.05, 0.1) is 11.4 Å². The molecular formula is C18H22N2O2S. The first kappa shape index (κ1) is 17.2. The fourth-order valence-corrected chi connectivity index (χ4v) is 3.22. The molecule has 0 aliphatic heterocycles. The molecule has 0 aliphatic rings. The Labute approximate surface area is 140 Å². The molecule has 4 nitrogen and oxygen atoms in total. The van der Waals surface area contributed by atoms with Crippen molar-refractivity contribution in [1.29, 1.82) is 0 Å². The van der Waals surface area contributed by atoms with E-state index in [4.69, 9.17) is 0 Å². The number of hydrogen-bond donors (Lipinski definition) is 0. The quantitative estimate of drug-likeness (QED) is 0.840. The molecule has 5 heteroatoms. The third-order valence-electron chi connectivity index (χ3n) is 3.66. The molecule has 0 aromatic heterocycles. The van der Waals surface area contributed by atoms with E-state index in [1.807, 2.05) is 67.6 Å². The van der Waals surface area contributed by atoms with Gasteiger partial charge in [-0.05, 0) is 31.2 Å². The summed E-state index contributed by atoms with van der Waals surface area (Å²) in [7, 11) is 0.801. The molecule has 2 unspecified atom stereocenters. The van der Waals surface area contributed by atoms with Gasteiger partial charge in [0, 0.05) is 35.9 Å². The second kappa shape index (κ2) is 7.92. The van der Waals surface area contributed by atoms with Gasteiger partial charge in [0.15, 0.2) is 0 Å². The van der Waals surface area contributed by atoms with Crippen LogP contribution in [0.5, 0.6) is 0 Å². The summed E-state index contributed by atoms with van der Waals surface area (Å²) >= 11 is 0. The third kappa shape index (κ3) is 4.42. The predicted molar refractivity (Wildman–Crippen MR) is 96.6 cm³/mol. The number of amides is 2. The standard InChI is InChI=1S/C18H22N2O2S/c1-15(14-23(3)22)19(2)18(21)20(16-10-6-4-7-11-16)17-12-8-5-9-13-17/h4-13,15H,14H2,1-3H3. The second-order valence-electron chi connectivity index (χ2n) is 5.49. The van der Waals surface area contributed by atoms with Gasteiger partial charge in [-0.3, -0.25) is 9.11 Å². The number of anilines is 2. The minimum absolute atomic E-state index is 0.108. The highest BCUT2D eigenvalue weighted by molar-refractivity contribution is 7.84. The van der Waals surface area contributed by atoms with Crippen molar-refractivity contribution in [3.05, 3.63) is 60.7 Å². The lowest BCUT2D eigenvalue weighted by atomic mass is 10.2. The van der Waals surface area contributed by atoms with Gasteiger partial charge in [-0.2, -0.15) is 0 Å². The van der Waals surface area contributed by atoms with Crippen molar-refractivity contribution in [3.8, 4) is 0 Å². The van der Waals surface area contributed by atoms with Gasteiger partial charge in [-0.1, -0.05) is 36.4 Å². The molecule has 2 rings (SSSR count). The molecule has 2 atom stereocenters. The van der Waals surface area contributed by atoms with Gasteiger partial charge >= 0.3 is 6.03 Å². The Morgan fingerprint density at radius 2 is 1.43 bits per heavy atom. The first-order valence-corrected chi connectivity index (χ1v) is 9.20. The zero-order chi connectivity index (χ0) is 16.8. The van der Waals surface area contributed by atoms with Crippen molar-refractivity contribution in [1.82, 2.24) is 4.90 Å². The fourth-order valence-electron chi connectivity index (χ4n) is 2.32. The molecule has 0 saturated carbocycles. The van der Waals surface area contributed by atoms with Crippen LogP contribution in [0.1, 0.15) is 6.92 Å². The Morgan fingerprint density at radius 1 is 1.00 bits per heavy atom. The molecule has 2 aromatic carbocycles. The lowest BCUT2D eigenvalue weighted by molar-refractivity contribution is 0.207. The first-order chi connectivity index (χ1) is 11.0. The molecular weight excluding hydrogens is 308 g/mol. The summed E-state index contributed by atoms with van der Waals surface area (Å²) in [6.07, 6.45) is 1.65. The van der Waals surface area contributed by atoms with E-state index in [-0.39, 0.29) is 12.1 Å². The number of benzene rings is 2. The van der Waals surface area contributed by atoms with Crippen LogP contribution >= 0.6 is 0 Å². The van der Waals surface area contributed by atoms with Crippen molar-refractivity contribution < 1.29 is 9.00 Å². The van der Waals surface area contributed by atoms with Crippen LogP contribution in [0, 0.1) is 0 Å². The highest BCUT2D eigenvalue weighted by Crippen LogP contribution is 2.26. The normalized spacial score (nSPS) is 13.2. The van der Waals surface area contributed by atoms with Crippen molar-refractivity contribution in [3.63, 3.8) is 0 Å². The van der Waals surface area contributed by atoms with Gasteiger partial charge < -0.3 is 4.90 Å². The van der Waals surface area contributed by atoms with Gasteiger partial charge in [-0.25, -0.2) is 4.79 Å². The Bertz CT molecular complexity index is 622. The molecule has 0 bridgehead atoms. The zero-order valence-corrected chi connectivity index (χ0v) is 14.5. The third-order valence-corrected chi connectivity index (χ3v) is 4.61. The van der Waals surface area contributed by atoms with Gasteiger partial charge in [0.1, 0.15) is 0 Å². The van der Waals surface area contributed by atoms with Gasteiger partial charge in [0.25, 0.3) is 0 Å². The molecule has 0 saturated heterocycles. The van der Waals surface area contributed by atoms with E-state index in [1.165, 1.54) is 0 Å². The summed E-state index contributed by atoms with van der Waals surface area (Å²) in [5.41, 5.74) is 1.61. The maximum atomic E-state index is 13.0. The average Bonchev–Trinajstić information content (AvgIpc) is 2.55. The summed E-state index contributed by atoms with van der Waals surface area (Å²) < 4.78 is 11.5. The number of carbonyl (C=O) groups excluding carboxylic acids is 1. The number of rotatable bonds is 5. The molecule has 0 fully saturated rings. The average molecular weight is 330 g/mol. The topological polar surface area (TPSA) is 40.6 Å². The van der Waals surface area contributed by atoms with E-state index in [1.54, 1.807) is 23.1 Å². The zero-order valence-electron chi connectivity index (χ0n) is 13.7. The van der Waals surface area contributed by atoms with Crippen LogP contribution < -0.4 is 4.90 Å². The fraction of sp³-hybridized carbons (Fsp3) is 0.278. The molecule has 0 heterocycles. The van der Waals surface area contributed by atoms with Crippen LogP contribution in [0.3, 0.4) is 0 Å². The lowest BCUT2D eigenvalue weighted by Crippen LogP contribution is -2.45. The molecule has 0 radical (unpaired) electrons. The summed E-state index contributed by atoms with van der Waals surface area (Å²) in [6.45, 7) is 1.91. The molecule has 2 aromatic rings. The van der Waals surface area contributed by atoms with Crippen molar-refractivity contribution >= 4 is 28.2 Å². The van der Waals surface area contributed by atoms with Gasteiger partial charge in [0.2, 0.25) is 0 Å². The molecule has 0 aliphatic carbocycles. The summed E-state index contributed by atoms with van der Waals surface area (Å²) in [6, 6.07) is 18.8. The van der Waals surface area contributed by atoms with Crippen LogP contribution in [-0.2, 0) is 10.8 Å². The minimum atomic E-state index is -0.947. The Morgan fingerprint density at radius 3 is 1.83 bits per heavy atom. The van der Waals surface area contributed by atoms with Crippen molar-refractivity contribution in [2.75, 3.05) is 24.0 Å². The number of para-hydroxylation sites is 2. The smallest absolute Gasteiger partial charge is 0.323 e. The van der Waals surface area contributed by atoms with E-state index < -0.39 is 10.8 Å². The van der Waals surface area contributed by atoms with Crippen LogP contribution in [0.2, 0.25) is 0 Å². The largest absolute Gasteiger partial charge is 0.329 e. The lowest BCUT2D eigenvalue weighted by Gasteiger charge is -2.31. The van der Waals surface area contributed by atoms with Crippen LogP contribution in [0.25, 0.3) is 0 Å². The molecule has 23 heavy (non-hydrogen) atoms. The molecule has 0 N–H and O–H groups in total. The van der Waals surface area contributed by atoms with E-state index in [0.717, 1.165) is 11.4 Å². The highest BCUT2D eigenvalue weighted by atomic mass is 32.2. The highest BCUT2D eigenvalue weighted by Gasteiger charge is 2.25. The Hall–Kier alpha value is -2.14. The Kier molecular flexibility index (Phi) is 5.93. The molecule has 0 spiro atoms. The van der Waals surface area contributed by atoms with Crippen LogP contribution in [-0.4, -0.2) is 40.2 Å². The van der Waals surface area contributed by atoms with E-state index >= 15 is 0 Å². The summed E-state index contributed by atoms with van der Waals surface area (Å²) in [5.74, 6) is 0.458. The van der Waals surface area contributed by atoms with E-state index in [9.17, 15) is 9.00 Å². The predicted octanol–water partition coefficient (Wildman–Crippen LogP) is 3.64. The molecule has 122 valence electrons. The van der Waals surface area contributed by atoms with E-state index in [0.29, 0.717) is 5.75 Å². The first-order valence-electron chi connectivity index (χ1n) is 7.47. The summed E-state index contributed by atoms with van der Waals surface area (Å²) in [5, 5.41) is 0. The number of carbonyl (C=O) groups is 1. The number of hydrogen-bond acceptors (Lipinski definition) is 2. The van der Waals surface area contributed by atoms with Crippen molar-refractivity contribution in [2.45, 2.75) is 13.0 Å². The van der Waals surface area contributed by atoms with Crippen LogP contribution in [0.15, 0.2) is 60.7 Å². The monoisotopic (exact) mass is 330 g/mol. The maximum absolute atomic E-state index is 13.0.